The highest BCUT2D eigenvalue weighted by Crippen LogP contribution is 2.36. The minimum atomic E-state index is -4.68. The Morgan fingerprint density at radius 2 is 1.63 bits per heavy atom. The zero-order valence-corrected chi connectivity index (χ0v) is 22.6. The topological polar surface area (TPSA) is 100 Å². The number of amides is 3. The molecule has 12 heteroatoms. The lowest BCUT2D eigenvalue weighted by Gasteiger charge is -2.14. The van der Waals surface area contributed by atoms with Gasteiger partial charge in [-0.25, -0.2) is 0 Å². The molecule has 0 saturated carbocycles. The van der Waals surface area contributed by atoms with Gasteiger partial charge in [0.1, 0.15) is 11.5 Å². The Morgan fingerprint density at radius 3 is 2.29 bits per heavy atom. The van der Waals surface area contributed by atoms with Crippen molar-refractivity contribution in [2.45, 2.75) is 11.1 Å². The predicted octanol–water partition coefficient (Wildman–Crippen LogP) is 7.09. The number of furan rings is 1. The lowest BCUT2D eigenvalue weighted by molar-refractivity contribution is -0.137. The van der Waals surface area contributed by atoms with Gasteiger partial charge in [-0.15, -0.1) is 11.8 Å². The minimum Gasteiger partial charge on any atom is -0.465 e. The normalized spacial score (nSPS) is 11.6. The highest BCUT2D eigenvalue weighted by atomic mass is 35.5. The number of hydrogen-bond acceptors (Lipinski definition) is 5. The van der Waals surface area contributed by atoms with Crippen LogP contribution in [-0.4, -0.2) is 23.5 Å². The van der Waals surface area contributed by atoms with Crippen LogP contribution in [0.4, 0.5) is 24.5 Å². The summed E-state index contributed by atoms with van der Waals surface area (Å²) in [5.74, 6) is -1.53. The number of benzene rings is 3. The minimum absolute atomic E-state index is 0.0515. The Balaban J connectivity index is 1.37. The molecule has 41 heavy (non-hydrogen) atoms. The molecule has 0 radical (unpaired) electrons. The number of halogens is 4. The molecule has 0 unspecified atom stereocenters. The fraction of sp³-hybridized carbons (Fsp3) is 0.0690. The number of rotatable bonds is 9. The Kier molecular flexibility index (Phi) is 9.53. The van der Waals surface area contributed by atoms with Crippen LogP contribution in [0.2, 0.25) is 5.02 Å². The van der Waals surface area contributed by atoms with Crippen molar-refractivity contribution < 1.29 is 32.0 Å². The first-order valence-corrected chi connectivity index (χ1v) is 13.3. The van der Waals surface area contributed by atoms with E-state index in [9.17, 15) is 27.6 Å². The van der Waals surface area contributed by atoms with E-state index < -0.39 is 29.5 Å². The molecule has 7 nitrogen and oxygen atoms in total. The molecule has 1 aromatic heterocycles. The SMILES string of the molecule is O=C(CSc1ccc(NC(=O)/C(=C/c2ccco2)NC(=O)c2ccccc2)cc1)Nc1ccc(Cl)cc1C(F)(F)F. The summed E-state index contributed by atoms with van der Waals surface area (Å²) in [6.07, 6.45) is -1.86. The molecule has 3 amide bonds. The van der Waals surface area contributed by atoms with E-state index in [1.807, 2.05) is 0 Å². The van der Waals surface area contributed by atoms with Crippen LogP contribution < -0.4 is 16.0 Å². The summed E-state index contributed by atoms with van der Waals surface area (Å²) in [5, 5.41) is 7.46. The molecular formula is C29H21ClF3N3O4S. The van der Waals surface area contributed by atoms with E-state index >= 15 is 0 Å². The first-order valence-electron chi connectivity index (χ1n) is 11.9. The molecule has 0 spiro atoms. The predicted molar refractivity (Wildman–Crippen MR) is 151 cm³/mol. The summed E-state index contributed by atoms with van der Waals surface area (Å²) < 4.78 is 45.1. The molecule has 4 aromatic rings. The van der Waals surface area contributed by atoms with E-state index in [0.717, 1.165) is 23.9 Å². The molecule has 0 aliphatic rings. The van der Waals surface area contributed by atoms with Gasteiger partial charge in [-0.05, 0) is 66.7 Å². The maximum absolute atomic E-state index is 13.3. The summed E-state index contributed by atoms with van der Waals surface area (Å²) in [5.41, 5.74) is -0.711. The average molecular weight is 600 g/mol. The van der Waals surface area contributed by atoms with E-state index in [4.69, 9.17) is 16.0 Å². The lowest BCUT2D eigenvalue weighted by Crippen LogP contribution is -2.30. The molecule has 3 N–H and O–H groups in total. The first-order chi connectivity index (χ1) is 19.6. The average Bonchev–Trinajstić information content (AvgIpc) is 3.46. The van der Waals surface area contributed by atoms with Gasteiger partial charge in [-0.2, -0.15) is 13.2 Å². The quantitative estimate of drug-likeness (QED) is 0.141. The number of hydrogen-bond donors (Lipinski definition) is 3. The molecule has 0 fully saturated rings. The third kappa shape index (κ3) is 8.50. The van der Waals surface area contributed by atoms with Crippen molar-refractivity contribution in [1.29, 1.82) is 0 Å². The molecule has 0 aliphatic heterocycles. The van der Waals surface area contributed by atoms with Gasteiger partial charge in [-0.1, -0.05) is 29.8 Å². The van der Waals surface area contributed by atoms with Gasteiger partial charge < -0.3 is 20.4 Å². The maximum Gasteiger partial charge on any atom is 0.418 e. The molecule has 210 valence electrons. The van der Waals surface area contributed by atoms with Gasteiger partial charge in [0.2, 0.25) is 5.91 Å². The van der Waals surface area contributed by atoms with Gasteiger partial charge in [0.15, 0.2) is 0 Å². The van der Waals surface area contributed by atoms with Crippen LogP contribution >= 0.6 is 23.4 Å². The number of carbonyl (C=O) groups is 3. The zero-order chi connectivity index (χ0) is 29.4. The van der Waals surface area contributed by atoms with E-state index in [1.54, 1.807) is 66.7 Å². The molecule has 0 saturated heterocycles. The van der Waals surface area contributed by atoms with E-state index in [0.29, 0.717) is 21.9 Å². The Bertz CT molecular complexity index is 1560. The largest absolute Gasteiger partial charge is 0.465 e. The third-order valence-corrected chi connectivity index (χ3v) is 6.65. The Labute approximate surface area is 241 Å². The second-order valence-corrected chi connectivity index (χ2v) is 9.88. The van der Waals surface area contributed by atoms with E-state index in [2.05, 4.69) is 16.0 Å². The summed E-state index contributed by atoms with van der Waals surface area (Å²) in [7, 11) is 0. The monoisotopic (exact) mass is 599 g/mol. The summed E-state index contributed by atoms with van der Waals surface area (Å²) in [4.78, 5) is 38.6. The van der Waals surface area contributed by atoms with Crippen LogP contribution in [-0.2, 0) is 15.8 Å². The van der Waals surface area contributed by atoms with Gasteiger partial charge in [0.25, 0.3) is 11.8 Å². The van der Waals surface area contributed by atoms with Crippen molar-refractivity contribution in [3.05, 3.63) is 119 Å². The molecule has 1 heterocycles. The number of carbonyl (C=O) groups excluding carboxylic acids is 3. The van der Waals surface area contributed by atoms with Crippen molar-refractivity contribution in [3.8, 4) is 0 Å². The van der Waals surface area contributed by atoms with Crippen LogP contribution in [0.25, 0.3) is 6.08 Å². The second kappa shape index (κ2) is 13.2. The highest BCUT2D eigenvalue weighted by molar-refractivity contribution is 8.00. The molecule has 3 aromatic carbocycles. The molecule has 0 bridgehead atoms. The van der Waals surface area contributed by atoms with Crippen LogP contribution in [0.15, 0.2) is 106 Å². The molecular weight excluding hydrogens is 579 g/mol. The first kappa shape index (κ1) is 29.5. The van der Waals surface area contributed by atoms with Gasteiger partial charge in [-0.3, -0.25) is 14.4 Å². The fourth-order valence-corrected chi connectivity index (χ4v) is 4.36. The van der Waals surface area contributed by atoms with Crippen molar-refractivity contribution >= 4 is 58.5 Å². The van der Waals surface area contributed by atoms with Crippen LogP contribution in [0.5, 0.6) is 0 Å². The highest BCUT2D eigenvalue weighted by Gasteiger charge is 2.34. The smallest absolute Gasteiger partial charge is 0.418 e. The van der Waals surface area contributed by atoms with Crippen molar-refractivity contribution in [3.63, 3.8) is 0 Å². The van der Waals surface area contributed by atoms with E-state index in [-0.39, 0.29) is 22.2 Å². The summed E-state index contributed by atoms with van der Waals surface area (Å²) >= 11 is 6.77. The lowest BCUT2D eigenvalue weighted by atomic mass is 10.1. The fourth-order valence-electron chi connectivity index (χ4n) is 3.49. The van der Waals surface area contributed by atoms with Crippen molar-refractivity contribution in [2.75, 3.05) is 16.4 Å². The van der Waals surface area contributed by atoms with Gasteiger partial charge in [0, 0.05) is 27.2 Å². The third-order valence-electron chi connectivity index (χ3n) is 5.40. The molecule has 0 aliphatic carbocycles. The van der Waals surface area contributed by atoms with Crippen molar-refractivity contribution in [1.82, 2.24) is 5.32 Å². The van der Waals surface area contributed by atoms with E-state index in [1.165, 1.54) is 18.4 Å². The second-order valence-electron chi connectivity index (χ2n) is 8.40. The Morgan fingerprint density at radius 1 is 0.902 bits per heavy atom. The number of thioether (sulfide) groups is 1. The van der Waals surface area contributed by atoms with Crippen LogP contribution in [0.1, 0.15) is 21.7 Å². The standard InChI is InChI=1S/C29H21ClF3N3O4S/c30-19-8-13-24(23(15-19)29(31,32)33)35-26(37)17-41-22-11-9-20(10-12-22)34-28(39)25(16-21-7-4-14-40-21)36-27(38)18-5-2-1-3-6-18/h1-16H,17H2,(H,34,39)(H,35,37)(H,36,38)/b25-16-. The van der Waals surface area contributed by atoms with Crippen molar-refractivity contribution in [2.24, 2.45) is 0 Å². The number of anilines is 2. The van der Waals surface area contributed by atoms with Crippen LogP contribution in [0.3, 0.4) is 0 Å². The van der Waals surface area contributed by atoms with Gasteiger partial charge >= 0.3 is 6.18 Å². The summed E-state index contributed by atoms with van der Waals surface area (Å²) in [6.45, 7) is 0. The Hall–Kier alpha value is -4.48. The number of alkyl halides is 3. The summed E-state index contributed by atoms with van der Waals surface area (Å²) in [6, 6.07) is 21.2. The maximum atomic E-state index is 13.3. The molecule has 4 rings (SSSR count). The van der Waals surface area contributed by atoms with Gasteiger partial charge in [0.05, 0.1) is 23.3 Å². The molecule has 0 atom stereocenters. The zero-order valence-electron chi connectivity index (χ0n) is 21.0. The van der Waals surface area contributed by atoms with Crippen LogP contribution in [0, 0.1) is 0 Å². The number of nitrogens with one attached hydrogen (secondary N) is 3.